The molecule has 1 aromatic rings. The Morgan fingerprint density at radius 3 is 2.21 bits per heavy atom. The number of amides is 1. The minimum atomic E-state index is -0.532. The van der Waals surface area contributed by atoms with Gasteiger partial charge in [0.25, 0.3) is 5.91 Å². The van der Waals surface area contributed by atoms with Crippen LogP contribution in [0.25, 0.3) is 0 Å². The molecule has 0 radical (unpaired) electrons. The molecule has 0 unspecified atom stereocenters. The van der Waals surface area contributed by atoms with E-state index in [1.165, 1.54) is 0 Å². The lowest BCUT2D eigenvalue weighted by molar-refractivity contribution is 0.0818. The Morgan fingerprint density at radius 2 is 1.79 bits per heavy atom. The lowest BCUT2D eigenvalue weighted by atomic mass is 9.93. The summed E-state index contributed by atoms with van der Waals surface area (Å²) in [6.45, 7) is 6.38. The molecule has 0 aliphatic carbocycles. The number of aliphatic hydroxyl groups excluding tert-OH is 1. The fraction of sp³-hybridized carbons (Fsp3) is 0.533. The molecule has 1 amide bonds. The first-order chi connectivity index (χ1) is 9.10. The molecule has 0 bridgehead atoms. The van der Waals surface area contributed by atoms with Crippen molar-refractivity contribution in [2.24, 2.45) is 0 Å². The number of aliphatic hydroxyl groups is 1. The van der Waals surface area contributed by atoms with Crippen LogP contribution in [0.5, 0.6) is 5.75 Å². The van der Waals surface area contributed by atoms with E-state index in [0.29, 0.717) is 25.0 Å². The Labute approximate surface area is 114 Å². The summed E-state index contributed by atoms with van der Waals surface area (Å²) in [5, 5.41) is 12.4. The van der Waals surface area contributed by atoms with Gasteiger partial charge in [-0.1, -0.05) is 13.8 Å². The monoisotopic (exact) mass is 265 g/mol. The number of benzene rings is 1. The first-order valence-electron chi connectivity index (χ1n) is 6.77. The highest BCUT2D eigenvalue weighted by molar-refractivity contribution is 5.94. The van der Waals surface area contributed by atoms with E-state index >= 15 is 0 Å². The minimum absolute atomic E-state index is 0.0528. The van der Waals surface area contributed by atoms with Crippen molar-refractivity contribution in [1.82, 2.24) is 5.32 Å². The molecule has 0 spiro atoms. The van der Waals surface area contributed by atoms with Gasteiger partial charge in [-0.25, -0.2) is 0 Å². The number of rotatable bonds is 7. The molecule has 4 nitrogen and oxygen atoms in total. The van der Waals surface area contributed by atoms with Crippen LogP contribution in [0, 0.1) is 0 Å². The Kier molecular flexibility index (Phi) is 5.83. The van der Waals surface area contributed by atoms with Gasteiger partial charge in [-0.15, -0.1) is 0 Å². The van der Waals surface area contributed by atoms with Gasteiger partial charge in [0.1, 0.15) is 5.75 Å². The number of nitrogens with one attached hydrogen (secondary N) is 1. The van der Waals surface area contributed by atoms with E-state index in [0.717, 1.165) is 5.75 Å². The minimum Gasteiger partial charge on any atom is -0.494 e. The second kappa shape index (κ2) is 7.14. The summed E-state index contributed by atoms with van der Waals surface area (Å²) in [4.78, 5) is 12.1. The summed E-state index contributed by atoms with van der Waals surface area (Å²) in [6, 6.07) is 7.01. The molecule has 0 heterocycles. The topological polar surface area (TPSA) is 58.6 Å². The molecule has 1 rings (SSSR count). The zero-order chi connectivity index (χ0) is 14.3. The molecule has 0 saturated carbocycles. The van der Waals surface area contributed by atoms with Crippen molar-refractivity contribution >= 4 is 5.91 Å². The quantitative estimate of drug-likeness (QED) is 0.795. The van der Waals surface area contributed by atoms with Gasteiger partial charge < -0.3 is 15.2 Å². The van der Waals surface area contributed by atoms with E-state index in [9.17, 15) is 9.90 Å². The highest BCUT2D eigenvalue weighted by Gasteiger charge is 2.27. The molecule has 0 atom stereocenters. The number of hydrogen-bond donors (Lipinski definition) is 2. The molecule has 0 fully saturated rings. The number of carbonyl (C=O) groups excluding carboxylic acids is 1. The lowest BCUT2D eigenvalue weighted by Crippen LogP contribution is -2.50. The molecule has 106 valence electrons. The second-order valence-corrected chi connectivity index (χ2v) is 4.56. The Balaban J connectivity index is 2.77. The van der Waals surface area contributed by atoms with Gasteiger partial charge in [0.15, 0.2) is 0 Å². The van der Waals surface area contributed by atoms with Crippen molar-refractivity contribution in [2.75, 3.05) is 13.2 Å². The van der Waals surface area contributed by atoms with Gasteiger partial charge in [-0.05, 0) is 44.0 Å². The van der Waals surface area contributed by atoms with Gasteiger partial charge in [0, 0.05) is 5.56 Å². The van der Waals surface area contributed by atoms with Gasteiger partial charge >= 0.3 is 0 Å². The number of carbonyl (C=O) groups is 1. The maximum atomic E-state index is 12.1. The van der Waals surface area contributed by atoms with Crippen LogP contribution in [-0.4, -0.2) is 29.8 Å². The van der Waals surface area contributed by atoms with E-state index < -0.39 is 5.54 Å². The van der Waals surface area contributed by atoms with Crippen LogP contribution in [-0.2, 0) is 0 Å². The second-order valence-electron chi connectivity index (χ2n) is 4.56. The highest BCUT2D eigenvalue weighted by atomic mass is 16.5. The third kappa shape index (κ3) is 3.96. The largest absolute Gasteiger partial charge is 0.494 e. The molecular formula is C15H23NO3. The SMILES string of the molecule is CCOc1ccc(C(=O)NC(CC)(CC)CO)cc1. The summed E-state index contributed by atoms with van der Waals surface area (Å²) in [6.07, 6.45) is 1.39. The molecular weight excluding hydrogens is 242 g/mol. The molecule has 2 N–H and O–H groups in total. The van der Waals surface area contributed by atoms with Crippen molar-refractivity contribution in [2.45, 2.75) is 39.2 Å². The van der Waals surface area contributed by atoms with Gasteiger partial charge in [0.05, 0.1) is 18.8 Å². The fourth-order valence-corrected chi connectivity index (χ4v) is 1.87. The summed E-state index contributed by atoms with van der Waals surface area (Å²) < 4.78 is 5.33. The number of hydrogen-bond acceptors (Lipinski definition) is 3. The van der Waals surface area contributed by atoms with Crippen LogP contribution in [0.15, 0.2) is 24.3 Å². The summed E-state index contributed by atoms with van der Waals surface area (Å²) in [5.74, 6) is 0.583. The van der Waals surface area contributed by atoms with Crippen molar-refractivity contribution in [1.29, 1.82) is 0 Å². The van der Waals surface area contributed by atoms with Gasteiger partial charge in [0.2, 0.25) is 0 Å². The average Bonchev–Trinajstić information content (AvgIpc) is 2.46. The van der Waals surface area contributed by atoms with Crippen molar-refractivity contribution in [3.63, 3.8) is 0 Å². The van der Waals surface area contributed by atoms with E-state index in [1.54, 1.807) is 24.3 Å². The van der Waals surface area contributed by atoms with Gasteiger partial charge in [-0.3, -0.25) is 4.79 Å². The molecule has 0 aliphatic heterocycles. The predicted octanol–water partition coefficient (Wildman–Crippen LogP) is 2.37. The summed E-state index contributed by atoms with van der Waals surface area (Å²) >= 11 is 0. The van der Waals surface area contributed by atoms with Crippen LogP contribution in [0.1, 0.15) is 44.0 Å². The van der Waals surface area contributed by atoms with E-state index in [4.69, 9.17) is 4.74 Å². The van der Waals surface area contributed by atoms with Crippen LogP contribution >= 0.6 is 0 Å². The Bertz CT molecular complexity index is 388. The maximum Gasteiger partial charge on any atom is 0.251 e. The van der Waals surface area contributed by atoms with Crippen LogP contribution in [0.4, 0.5) is 0 Å². The molecule has 0 aliphatic rings. The highest BCUT2D eigenvalue weighted by Crippen LogP contribution is 2.17. The molecule has 1 aromatic carbocycles. The van der Waals surface area contributed by atoms with E-state index in [-0.39, 0.29) is 12.5 Å². The first kappa shape index (κ1) is 15.5. The van der Waals surface area contributed by atoms with Crippen molar-refractivity contribution < 1.29 is 14.6 Å². The molecule has 0 aromatic heterocycles. The van der Waals surface area contributed by atoms with Crippen molar-refractivity contribution in [3.8, 4) is 5.75 Å². The predicted molar refractivity (Wildman–Crippen MR) is 75.5 cm³/mol. The molecule has 0 saturated heterocycles. The summed E-state index contributed by atoms with van der Waals surface area (Å²) in [5.41, 5.74) is 0.0403. The van der Waals surface area contributed by atoms with Gasteiger partial charge in [-0.2, -0.15) is 0 Å². The van der Waals surface area contributed by atoms with E-state index in [1.807, 2.05) is 20.8 Å². The standard InChI is InChI=1S/C15H23NO3/c1-4-15(5-2,11-17)16-14(18)12-7-9-13(10-8-12)19-6-3/h7-10,17H,4-6,11H2,1-3H3,(H,16,18). The molecule has 19 heavy (non-hydrogen) atoms. The van der Waals surface area contributed by atoms with E-state index in [2.05, 4.69) is 5.32 Å². The smallest absolute Gasteiger partial charge is 0.251 e. The fourth-order valence-electron chi connectivity index (χ4n) is 1.87. The zero-order valence-electron chi connectivity index (χ0n) is 11.9. The van der Waals surface area contributed by atoms with Crippen LogP contribution in [0.3, 0.4) is 0 Å². The third-order valence-electron chi connectivity index (χ3n) is 3.46. The van der Waals surface area contributed by atoms with Crippen molar-refractivity contribution in [3.05, 3.63) is 29.8 Å². The Morgan fingerprint density at radius 1 is 1.21 bits per heavy atom. The maximum absolute atomic E-state index is 12.1. The molecule has 4 heteroatoms. The zero-order valence-corrected chi connectivity index (χ0v) is 11.9. The van der Waals surface area contributed by atoms with Crippen LogP contribution < -0.4 is 10.1 Å². The average molecular weight is 265 g/mol. The first-order valence-corrected chi connectivity index (χ1v) is 6.77. The lowest BCUT2D eigenvalue weighted by Gasteiger charge is -2.30. The Hall–Kier alpha value is -1.55. The number of ether oxygens (including phenoxy) is 1. The van der Waals surface area contributed by atoms with Crippen LogP contribution in [0.2, 0.25) is 0 Å². The summed E-state index contributed by atoms with van der Waals surface area (Å²) in [7, 11) is 0. The normalized spacial score (nSPS) is 11.2. The third-order valence-corrected chi connectivity index (χ3v) is 3.46.